The van der Waals surface area contributed by atoms with E-state index in [2.05, 4.69) is 5.32 Å². The first kappa shape index (κ1) is 15.8. The number of rotatable bonds is 5. The molecule has 0 spiro atoms. The van der Waals surface area contributed by atoms with Gasteiger partial charge in [0.05, 0.1) is 11.0 Å². The van der Waals surface area contributed by atoms with Crippen LogP contribution in [0.2, 0.25) is 0 Å². The van der Waals surface area contributed by atoms with E-state index < -0.39 is 4.92 Å². The molecule has 1 aromatic carbocycles. The lowest BCUT2D eigenvalue weighted by molar-refractivity contribution is -0.384. The molecular formula is C14H19N3O3S. The van der Waals surface area contributed by atoms with Crippen LogP contribution in [0.1, 0.15) is 25.6 Å². The van der Waals surface area contributed by atoms with Crippen LogP contribution in [0.5, 0.6) is 0 Å². The van der Waals surface area contributed by atoms with Crippen LogP contribution >= 0.6 is 11.8 Å². The zero-order valence-electron chi connectivity index (χ0n) is 12.3. The number of nitro groups is 1. The number of nitrogens with zero attached hydrogens (tertiary/aromatic N) is 2. The van der Waals surface area contributed by atoms with Gasteiger partial charge in [0, 0.05) is 23.9 Å². The fourth-order valence-electron chi connectivity index (χ4n) is 2.57. The van der Waals surface area contributed by atoms with E-state index in [0.29, 0.717) is 0 Å². The standard InChI is InChI=1S/C14H19N3O3S/c1-9(8-21-3)16-13(15-10(2)14(16)18)11-4-6-12(7-5-11)17(19)20/h4-7,9-10,13,15H,8H2,1-3H3. The van der Waals surface area contributed by atoms with Crippen LogP contribution in [0.3, 0.4) is 0 Å². The Morgan fingerprint density at radius 3 is 2.57 bits per heavy atom. The molecule has 1 saturated heterocycles. The lowest BCUT2D eigenvalue weighted by atomic mass is 10.1. The Morgan fingerprint density at radius 1 is 1.43 bits per heavy atom. The summed E-state index contributed by atoms with van der Waals surface area (Å²) in [7, 11) is 0. The maximum absolute atomic E-state index is 12.3. The minimum absolute atomic E-state index is 0.0554. The molecule has 1 aliphatic heterocycles. The van der Waals surface area contributed by atoms with Crippen molar-refractivity contribution in [3.8, 4) is 0 Å². The third kappa shape index (κ3) is 3.19. The summed E-state index contributed by atoms with van der Waals surface area (Å²) in [6, 6.07) is 6.23. The van der Waals surface area contributed by atoms with Gasteiger partial charge in [-0.05, 0) is 37.8 Å². The summed E-state index contributed by atoms with van der Waals surface area (Å²) >= 11 is 1.69. The molecule has 0 aliphatic carbocycles. The van der Waals surface area contributed by atoms with Crippen LogP contribution in [-0.2, 0) is 4.79 Å². The van der Waals surface area contributed by atoms with Crippen LogP contribution in [0.4, 0.5) is 5.69 Å². The molecule has 0 saturated carbocycles. The lowest BCUT2D eigenvalue weighted by Gasteiger charge is -2.30. The highest BCUT2D eigenvalue weighted by atomic mass is 32.2. The van der Waals surface area contributed by atoms with Crippen LogP contribution in [0, 0.1) is 10.1 Å². The molecule has 0 radical (unpaired) electrons. The monoisotopic (exact) mass is 309 g/mol. The summed E-state index contributed by atoms with van der Waals surface area (Å²) in [6.45, 7) is 3.86. The van der Waals surface area contributed by atoms with Gasteiger partial charge in [0.2, 0.25) is 5.91 Å². The van der Waals surface area contributed by atoms with Crippen LogP contribution in [0.15, 0.2) is 24.3 Å². The Morgan fingerprint density at radius 2 is 2.05 bits per heavy atom. The van der Waals surface area contributed by atoms with Crippen molar-refractivity contribution in [2.75, 3.05) is 12.0 Å². The maximum atomic E-state index is 12.3. The van der Waals surface area contributed by atoms with Gasteiger partial charge in [-0.15, -0.1) is 0 Å². The van der Waals surface area contributed by atoms with Gasteiger partial charge in [0.1, 0.15) is 6.17 Å². The van der Waals surface area contributed by atoms with E-state index in [0.717, 1.165) is 11.3 Å². The van der Waals surface area contributed by atoms with Gasteiger partial charge >= 0.3 is 0 Å². The number of benzene rings is 1. The molecule has 6 nitrogen and oxygen atoms in total. The second-order valence-electron chi connectivity index (χ2n) is 5.19. The Kier molecular flexibility index (Phi) is 4.84. The molecule has 1 fully saturated rings. The SMILES string of the molecule is CSCC(C)N1C(=O)C(C)NC1c1ccc([N+](=O)[O-])cc1. The Labute approximate surface area is 128 Å². The number of amides is 1. The molecule has 7 heteroatoms. The Hall–Kier alpha value is -1.60. The van der Waals surface area contributed by atoms with Crippen molar-refractivity contribution in [3.63, 3.8) is 0 Å². The summed E-state index contributed by atoms with van der Waals surface area (Å²) in [5, 5.41) is 14.0. The average molecular weight is 309 g/mol. The number of thioether (sulfide) groups is 1. The van der Waals surface area contributed by atoms with Gasteiger partial charge in [-0.25, -0.2) is 0 Å². The number of nitro benzene ring substituents is 1. The van der Waals surface area contributed by atoms with Gasteiger partial charge < -0.3 is 4.90 Å². The van der Waals surface area contributed by atoms with E-state index >= 15 is 0 Å². The predicted octanol–water partition coefficient (Wildman–Crippen LogP) is 2.17. The zero-order valence-corrected chi connectivity index (χ0v) is 13.1. The molecule has 21 heavy (non-hydrogen) atoms. The number of hydrogen-bond donors (Lipinski definition) is 1. The van der Waals surface area contributed by atoms with Gasteiger partial charge in [0.25, 0.3) is 5.69 Å². The highest BCUT2D eigenvalue weighted by Crippen LogP contribution is 2.29. The average Bonchev–Trinajstić information content (AvgIpc) is 2.75. The normalized spacial score (nSPS) is 23.4. The van der Waals surface area contributed by atoms with Crippen molar-refractivity contribution < 1.29 is 9.72 Å². The van der Waals surface area contributed by atoms with Gasteiger partial charge in [0.15, 0.2) is 0 Å². The Bertz CT molecular complexity index is 535. The highest BCUT2D eigenvalue weighted by Gasteiger charge is 2.39. The summed E-state index contributed by atoms with van der Waals surface area (Å²) < 4.78 is 0. The number of nitrogens with one attached hydrogen (secondary N) is 1. The van der Waals surface area contributed by atoms with Gasteiger partial charge in [-0.1, -0.05) is 0 Å². The summed E-state index contributed by atoms with van der Waals surface area (Å²) in [6.07, 6.45) is 1.78. The first-order valence-electron chi connectivity index (χ1n) is 6.77. The van der Waals surface area contributed by atoms with E-state index in [1.54, 1.807) is 23.9 Å². The third-order valence-corrected chi connectivity index (χ3v) is 4.43. The molecule has 114 valence electrons. The second-order valence-corrected chi connectivity index (χ2v) is 6.10. The molecule has 0 bridgehead atoms. The molecule has 1 heterocycles. The van der Waals surface area contributed by atoms with Crippen LogP contribution in [0.25, 0.3) is 0 Å². The fraction of sp³-hybridized carbons (Fsp3) is 0.500. The first-order valence-corrected chi connectivity index (χ1v) is 8.16. The molecule has 3 atom stereocenters. The molecule has 1 N–H and O–H groups in total. The number of carbonyl (C=O) groups is 1. The predicted molar refractivity (Wildman–Crippen MR) is 83.1 cm³/mol. The van der Waals surface area contributed by atoms with Crippen molar-refractivity contribution in [1.82, 2.24) is 10.2 Å². The summed E-state index contributed by atoms with van der Waals surface area (Å²) in [5.41, 5.74) is 0.922. The van der Waals surface area contributed by atoms with Crippen molar-refractivity contribution in [2.24, 2.45) is 0 Å². The summed E-state index contributed by atoms with van der Waals surface area (Å²) in [4.78, 5) is 24.5. The first-order chi connectivity index (χ1) is 9.95. The van der Waals surface area contributed by atoms with Crippen molar-refractivity contribution in [2.45, 2.75) is 32.1 Å². The van der Waals surface area contributed by atoms with E-state index in [4.69, 9.17) is 0 Å². The van der Waals surface area contributed by atoms with Gasteiger partial charge in [-0.2, -0.15) is 11.8 Å². The quantitative estimate of drug-likeness (QED) is 0.666. The second kappa shape index (κ2) is 6.44. The van der Waals surface area contributed by atoms with Gasteiger partial charge in [-0.3, -0.25) is 20.2 Å². The topological polar surface area (TPSA) is 75.5 Å². The highest BCUT2D eigenvalue weighted by molar-refractivity contribution is 7.98. The summed E-state index contributed by atoms with van der Waals surface area (Å²) in [5.74, 6) is 0.920. The fourth-order valence-corrected chi connectivity index (χ4v) is 3.21. The van der Waals surface area contributed by atoms with E-state index in [9.17, 15) is 14.9 Å². The van der Waals surface area contributed by atoms with Crippen LogP contribution < -0.4 is 5.32 Å². The minimum Gasteiger partial charge on any atom is -0.318 e. The zero-order chi connectivity index (χ0) is 15.6. The van der Waals surface area contributed by atoms with E-state index in [-0.39, 0.29) is 29.8 Å². The van der Waals surface area contributed by atoms with Crippen molar-refractivity contribution >= 4 is 23.4 Å². The van der Waals surface area contributed by atoms with Crippen LogP contribution in [-0.4, -0.2) is 39.8 Å². The largest absolute Gasteiger partial charge is 0.318 e. The van der Waals surface area contributed by atoms with Crippen molar-refractivity contribution in [3.05, 3.63) is 39.9 Å². The number of carbonyl (C=O) groups excluding carboxylic acids is 1. The smallest absolute Gasteiger partial charge is 0.269 e. The number of hydrogen-bond acceptors (Lipinski definition) is 5. The minimum atomic E-state index is -0.423. The maximum Gasteiger partial charge on any atom is 0.269 e. The van der Waals surface area contributed by atoms with E-state index in [1.807, 2.05) is 25.0 Å². The third-order valence-electron chi connectivity index (χ3n) is 3.61. The molecule has 3 unspecified atom stereocenters. The molecule has 1 amide bonds. The Balaban J connectivity index is 2.27. The van der Waals surface area contributed by atoms with Crippen molar-refractivity contribution in [1.29, 1.82) is 0 Å². The van der Waals surface area contributed by atoms with E-state index in [1.165, 1.54) is 12.1 Å². The number of non-ortho nitro benzene ring substituents is 1. The molecule has 0 aromatic heterocycles. The molecule has 2 rings (SSSR count). The lowest BCUT2D eigenvalue weighted by Crippen LogP contribution is -2.39. The molecule has 1 aromatic rings. The molecular weight excluding hydrogens is 290 g/mol. The molecule has 1 aliphatic rings.